The van der Waals surface area contributed by atoms with Crippen molar-refractivity contribution in [3.8, 4) is 0 Å². The van der Waals surface area contributed by atoms with Gasteiger partial charge in [-0.3, -0.25) is 14.9 Å². The number of nitrogens with two attached hydrogens (primary N) is 1. The van der Waals surface area contributed by atoms with Gasteiger partial charge in [-0.25, -0.2) is 14.8 Å². The largest absolute Gasteiger partial charge is 0.436 e. The van der Waals surface area contributed by atoms with Crippen LogP contribution in [-0.4, -0.2) is 51.9 Å². The Morgan fingerprint density at radius 1 is 1.19 bits per heavy atom. The molecule has 5 rings (SSSR count). The average Bonchev–Trinajstić information content (AvgIpc) is 3.29. The maximum absolute atomic E-state index is 13.7. The Labute approximate surface area is 211 Å². The first-order chi connectivity index (χ1) is 17.3. The molecule has 1 spiro atoms. The minimum absolute atomic E-state index is 0.0442. The van der Waals surface area contributed by atoms with Gasteiger partial charge in [0.25, 0.3) is 5.91 Å². The zero-order valence-corrected chi connectivity index (χ0v) is 19.9. The number of nitrogens with zero attached hydrogens (tertiary/aromatic N) is 3. The zero-order chi connectivity index (χ0) is 25.3. The molecule has 1 aromatic heterocycles. The van der Waals surface area contributed by atoms with Crippen molar-refractivity contribution in [2.24, 2.45) is 0 Å². The molecule has 4 N–H and O–H groups in total. The molecule has 1 fully saturated rings. The van der Waals surface area contributed by atoms with Crippen LogP contribution in [0.3, 0.4) is 0 Å². The lowest BCUT2D eigenvalue weighted by atomic mass is 9.90. The van der Waals surface area contributed by atoms with E-state index in [0.29, 0.717) is 29.2 Å². The number of carbonyl (C=O) groups excluding carboxylic acids is 3. The predicted octanol–water partition coefficient (Wildman–Crippen LogP) is 2.74. The van der Waals surface area contributed by atoms with E-state index in [1.165, 1.54) is 12.4 Å². The molecule has 0 bridgehead atoms. The van der Waals surface area contributed by atoms with Crippen molar-refractivity contribution < 1.29 is 19.1 Å². The first-order valence-corrected chi connectivity index (χ1v) is 11.7. The molecule has 2 aromatic carbocycles. The summed E-state index contributed by atoms with van der Waals surface area (Å²) < 4.78 is 5.74. The Balaban J connectivity index is 1.40. The molecule has 184 valence electrons. The Morgan fingerprint density at radius 3 is 2.69 bits per heavy atom. The Morgan fingerprint density at radius 2 is 1.94 bits per heavy atom. The van der Waals surface area contributed by atoms with Crippen LogP contribution < -0.4 is 16.4 Å². The second kappa shape index (κ2) is 9.46. The van der Waals surface area contributed by atoms with E-state index in [1.54, 1.807) is 23.1 Å². The Bertz CT molecular complexity index is 1320. The molecule has 0 aliphatic carbocycles. The number of rotatable bonds is 5. The summed E-state index contributed by atoms with van der Waals surface area (Å²) in [6.07, 6.45) is 2.70. The molecule has 0 radical (unpaired) electrons. The van der Waals surface area contributed by atoms with Gasteiger partial charge in [-0.15, -0.1) is 0 Å². The fraction of sp³-hybridized carbons (Fsp3) is 0.240. The Hall–Kier alpha value is -4.18. The third-order valence-electron chi connectivity index (χ3n) is 6.36. The molecular weight excluding hydrogens is 484 g/mol. The number of benzene rings is 2. The van der Waals surface area contributed by atoms with E-state index in [2.05, 4.69) is 20.6 Å². The van der Waals surface area contributed by atoms with Crippen LogP contribution in [0, 0.1) is 0 Å². The molecule has 36 heavy (non-hydrogen) atoms. The summed E-state index contributed by atoms with van der Waals surface area (Å²) in [5.41, 5.74) is 6.87. The summed E-state index contributed by atoms with van der Waals surface area (Å²) in [5, 5.41) is 6.00. The predicted molar refractivity (Wildman–Crippen MR) is 132 cm³/mol. The highest BCUT2D eigenvalue weighted by molar-refractivity contribution is 6.30. The van der Waals surface area contributed by atoms with Gasteiger partial charge in [0.1, 0.15) is 6.04 Å². The lowest BCUT2D eigenvalue weighted by Crippen LogP contribution is -2.50. The molecule has 11 heteroatoms. The SMILES string of the molecule is Nc1ncc(C(=O)N[C@@H](Cc2ccccc2)C(=O)N2CCC3(C2)OC(=O)Nc2ccc(Cl)cc23)cn1. The van der Waals surface area contributed by atoms with Gasteiger partial charge in [0, 0.05) is 42.4 Å². The van der Waals surface area contributed by atoms with Crippen molar-refractivity contribution in [3.05, 3.63) is 82.6 Å². The fourth-order valence-electron chi connectivity index (χ4n) is 4.61. The quantitative estimate of drug-likeness (QED) is 0.483. The van der Waals surface area contributed by atoms with Gasteiger partial charge in [-0.1, -0.05) is 41.9 Å². The molecule has 2 aliphatic heterocycles. The lowest BCUT2D eigenvalue weighted by Gasteiger charge is -2.35. The summed E-state index contributed by atoms with van der Waals surface area (Å²) >= 11 is 6.23. The summed E-state index contributed by atoms with van der Waals surface area (Å²) in [4.78, 5) is 48.3. The smallest absolute Gasteiger partial charge is 0.412 e. The maximum Gasteiger partial charge on any atom is 0.412 e. The number of likely N-dealkylation sites (tertiary alicyclic amines) is 1. The number of hydrogen-bond acceptors (Lipinski definition) is 7. The molecule has 1 saturated heterocycles. The van der Waals surface area contributed by atoms with Crippen LogP contribution in [0.2, 0.25) is 5.02 Å². The fourth-order valence-corrected chi connectivity index (χ4v) is 4.78. The van der Waals surface area contributed by atoms with Crippen molar-refractivity contribution in [1.82, 2.24) is 20.2 Å². The normalized spacial score (nSPS) is 19.2. The summed E-state index contributed by atoms with van der Waals surface area (Å²) in [6, 6.07) is 13.7. The second-order valence-electron chi connectivity index (χ2n) is 8.75. The summed E-state index contributed by atoms with van der Waals surface area (Å²) in [5.74, 6) is -0.745. The molecule has 3 aromatic rings. The van der Waals surface area contributed by atoms with Crippen LogP contribution in [0.15, 0.2) is 60.9 Å². The van der Waals surface area contributed by atoms with Gasteiger partial charge < -0.3 is 20.7 Å². The topological polar surface area (TPSA) is 140 Å². The van der Waals surface area contributed by atoms with Gasteiger partial charge >= 0.3 is 6.09 Å². The highest BCUT2D eigenvalue weighted by Crippen LogP contribution is 2.43. The first-order valence-electron chi connectivity index (χ1n) is 11.3. The molecule has 3 heterocycles. The van der Waals surface area contributed by atoms with E-state index in [1.807, 2.05) is 30.3 Å². The number of anilines is 2. The van der Waals surface area contributed by atoms with Gasteiger partial charge in [-0.05, 0) is 23.8 Å². The zero-order valence-electron chi connectivity index (χ0n) is 19.1. The van der Waals surface area contributed by atoms with Gasteiger partial charge in [0.15, 0.2) is 5.60 Å². The average molecular weight is 507 g/mol. The van der Waals surface area contributed by atoms with Gasteiger partial charge in [-0.2, -0.15) is 0 Å². The summed E-state index contributed by atoms with van der Waals surface area (Å²) in [6.45, 7) is 0.475. The first kappa shape index (κ1) is 23.6. The van der Waals surface area contributed by atoms with E-state index in [0.717, 1.165) is 5.56 Å². The van der Waals surface area contributed by atoms with Crippen molar-refractivity contribution >= 4 is 41.1 Å². The summed E-state index contributed by atoms with van der Waals surface area (Å²) in [7, 11) is 0. The van der Waals surface area contributed by atoms with Gasteiger partial charge in [0.2, 0.25) is 11.9 Å². The molecule has 2 aliphatic rings. The van der Waals surface area contributed by atoms with Crippen LogP contribution in [0.25, 0.3) is 0 Å². The van der Waals surface area contributed by atoms with Crippen LogP contribution in [0.5, 0.6) is 0 Å². The van der Waals surface area contributed by atoms with E-state index < -0.39 is 23.6 Å². The van der Waals surface area contributed by atoms with Crippen molar-refractivity contribution in [1.29, 1.82) is 0 Å². The molecule has 0 saturated carbocycles. The molecule has 3 amide bonds. The number of amides is 3. The number of carbonyl (C=O) groups is 3. The van der Waals surface area contributed by atoms with Crippen molar-refractivity contribution in [2.75, 3.05) is 24.1 Å². The Kier molecular flexibility index (Phi) is 6.19. The number of ether oxygens (including phenoxy) is 1. The standard InChI is InChI=1S/C25H23ClN6O4/c26-17-6-7-19-18(11-17)25(36-24(35)31-19)8-9-32(14-25)22(34)20(10-15-4-2-1-3-5-15)30-21(33)16-12-28-23(27)29-13-16/h1-7,11-13,20H,8-10,14H2,(H,30,33)(H,31,35)(H2,27,28,29)/t20-,25?/m0/s1. The van der Waals surface area contributed by atoms with E-state index in [4.69, 9.17) is 22.1 Å². The number of hydrogen-bond donors (Lipinski definition) is 3. The molecule has 10 nitrogen and oxygen atoms in total. The number of aromatic nitrogens is 2. The second-order valence-corrected chi connectivity index (χ2v) is 9.19. The van der Waals surface area contributed by atoms with Crippen LogP contribution in [0.4, 0.5) is 16.4 Å². The third-order valence-corrected chi connectivity index (χ3v) is 6.60. The van der Waals surface area contributed by atoms with E-state index >= 15 is 0 Å². The number of halogens is 1. The minimum Gasteiger partial charge on any atom is -0.436 e. The number of fused-ring (bicyclic) bond motifs is 2. The van der Waals surface area contributed by atoms with Crippen molar-refractivity contribution in [2.45, 2.75) is 24.5 Å². The van der Waals surface area contributed by atoms with E-state index in [-0.39, 0.29) is 30.4 Å². The number of nitrogens with one attached hydrogen (secondary N) is 2. The van der Waals surface area contributed by atoms with Crippen LogP contribution >= 0.6 is 11.6 Å². The van der Waals surface area contributed by atoms with Crippen LogP contribution in [-0.2, 0) is 21.6 Å². The van der Waals surface area contributed by atoms with Crippen LogP contribution in [0.1, 0.15) is 27.9 Å². The number of nitrogen functional groups attached to an aromatic ring is 1. The third kappa shape index (κ3) is 4.67. The minimum atomic E-state index is -1.02. The van der Waals surface area contributed by atoms with E-state index in [9.17, 15) is 14.4 Å². The van der Waals surface area contributed by atoms with Gasteiger partial charge in [0.05, 0.1) is 17.8 Å². The molecular formula is C25H23ClN6O4. The monoisotopic (exact) mass is 506 g/mol. The van der Waals surface area contributed by atoms with Crippen molar-refractivity contribution in [3.63, 3.8) is 0 Å². The highest BCUT2D eigenvalue weighted by Gasteiger charge is 2.49. The lowest BCUT2D eigenvalue weighted by molar-refractivity contribution is -0.133. The molecule has 1 unspecified atom stereocenters. The highest BCUT2D eigenvalue weighted by atomic mass is 35.5. The maximum atomic E-state index is 13.7. The molecule has 2 atom stereocenters.